The molecule has 1 fully saturated rings. The Morgan fingerprint density at radius 2 is 2.21 bits per heavy atom. The first-order valence-corrected chi connectivity index (χ1v) is 6.56. The third-order valence-electron chi connectivity index (χ3n) is 3.65. The van der Waals surface area contributed by atoms with E-state index in [1.165, 1.54) is 0 Å². The number of carbonyl (C=O) groups is 1. The van der Waals surface area contributed by atoms with Gasteiger partial charge >= 0.3 is 0 Å². The molecular formula is C15H17N3O. The van der Waals surface area contributed by atoms with Crippen LogP contribution in [-0.4, -0.2) is 24.0 Å². The van der Waals surface area contributed by atoms with E-state index in [2.05, 4.69) is 4.98 Å². The molecule has 19 heavy (non-hydrogen) atoms. The summed E-state index contributed by atoms with van der Waals surface area (Å²) in [6, 6.07) is 9.92. The average molecular weight is 255 g/mol. The van der Waals surface area contributed by atoms with Crippen molar-refractivity contribution in [3.05, 3.63) is 36.0 Å². The van der Waals surface area contributed by atoms with Crippen LogP contribution in [0, 0.1) is 12.8 Å². The standard InChI is InChI=1S/C15H17N3O/c1-10-6-14(12-4-2-3-5-13(12)17-10)18-9-11(8-16)7-15(18)19/h2-6,11H,7-9,16H2,1H3. The molecule has 0 bridgehead atoms. The highest BCUT2D eigenvalue weighted by Gasteiger charge is 2.30. The van der Waals surface area contributed by atoms with Crippen LogP contribution in [0.25, 0.3) is 10.9 Å². The second-order valence-corrected chi connectivity index (χ2v) is 5.11. The molecule has 1 unspecified atom stereocenters. The fraction of sp³-hybridized carbons (Fsp3) is 0.333. The van der Waals surface area contributed by atoms with Crippen LogP contribution in [0.5, 0.6) is 0 Å². The third kappa shape index (κ3) is 2.08. The number of pyridine rings is 1. The van der Waals surface area contributed by atoms with Gasteiger partial charge < -0.3 is 10.6 Å². The van der Waals surface area contributed by atoms with Crippen molar-refractivity contribution >= 4 is 22.5 Å². The SMILES string of the molecule is Cc1cc(N2CC(CN)CC2=O)c2ccccc2n1. The van der Waals surface area contributed by atoms with Crippen LogP contribution < -0.4 is 10.6 Å². The van der Waals surface area contributed by atoms with Gasteiger partial charge in [-0.3, -0.25) is 9.78 Å². The van der Waals surface area contributed by atoms with Crippen molar-refractivity contribution in [2.75, 3.05) is 18.0 Å². The molecule has 0 spiro atoms. The Balaban J connectivity index is 2.12. The Hall–Kier alpha value is -1.94. The molecule has 1 aliphatic heterocycles. The largest absolute Gasteiger partial charge is 0.330 e. The molecule has 3 rings (SSSR count). The zero-order chi connectivity index (χ0) is 13.4. The maximum absolute atomic E-state index is 12.1. The first kappa shape index (κ1) is 12.1. The lowest BCUT2D eigenvalue weighted by molar-refractivity contribution is -0.117. The Bertz CT molecular complexity index is 638. The molecule has 2 aromatic rings. The van der Waals surface area contributed by atoms with E-state index < -0.39 is 0 Å². The summed E-state index contributed by atoms with van der Waals surface area (Å²) in [5.74, 6) is 0.422. The molecule has 4 nitrogen and oxygen atoms in total. The van der Waals surface area contributed by atoms with Crippen LogP contribution in [0.2, 0.25) is 0 Å². The highest BCUT2D eigenvalue weighted by atomic mass is 16.2. The van der Waals surface area contributed by atoms with Crippen LogP contribution in [0.4, 0.5) is 5.69 Å². The van der Waals surface area contributed by atoms with Gasteiger partial charge in [0, 0.05) is 24.0 Å². The van der Waals surface area contributed by atoms with Gasteiger partial charge in [-0.1, -0.05) is 18.2 Å². The molecular weight excluding hydrogens is 238 g/mol. The summed E-state index contributed by atoms with van der Waals surface area (Å²) in [5, 5.41) is 1.03. The number of para-hydroxylation sites is 1. The number of benzene rings is 1. The molecule has 4 heteroatoms. The van der Waals surface area contributed by atoms with Gasteiger partial charge in [0.2, 0.25) is 5.91 Å². The Labute approximate surface area is 112 Å². The summed E-state index contributed by atoms with van der Waals surface area (Å²) in [7, 11) is 0. The minimum atomic E-state index is 0.159. The number of fused-ring (bicyclic) bond motifs is 1. The fourth-order valence-electron chi connectivity index (χ4n) is 2.68. The van der Waals surface area contributed by atoms with E-state index in [0.717, 1.165) is 22.3 Å². The molecule has 1 aromatic heterocycles. The van der Waals surface area contributed by atoms with Gasteiger partial charge in [0.05, 0.1) is 11.2 Å². The minimum absolute atomic E-state index is 0.159. The number of nitrogens with zero attached hydrogens (tertiary/aromatic N) is 2. The molecule has 1 aliphatic rings. The summed E-state index contributed by atoms with van der Waals surface area (Å²) in [6.07, 6.45) is 0.548. The maximum Gasteiger partial charge on any atom is 0.227 e. The Morgan fingerprint density at radius 3 is 2.95 bits per heavy atom. The summed E-state index contributed by atoms with van der Waals surface area (Å²) in [4.78, 5) is 18.5. The van der Waals surface area contributed by atoms with Gasteiger partial charge in [0.15, 0.2) is 0 Å². The molecule has 0 radical (unpaired) electrons. The number of carbonyl (C=O) groups excluding carboxylic acids is 1. The molecule has 1 amide bonds. The van der Waals surface area contributed by atoms with Crippen LogP contribution in [-0.2, 0) is 4.79 Å². The van der Waals surface area contributed by atoms with Crippen molar-refractivity contribution in [1.82, 2.24) is 4.98 Å². The van der Waals surface area contributed by atoms with Gasteiger partial charge in [-0.25, -0.2) is 0 Å². The zero-order valence-electron chi connectivity index (χ0n) is 11.0. The number of rotatable bonds is 2. The van der Waals surface area contributed by atoms with Crippen molar-refractivity contribution in [3.8, 4) is 0 Å². The van der Waals surface area contributed by atoms with Gasteiger partial charge in [-0.2, -0.15) is 0 Å². The molecule has 2 heterocycles. The van der Waals surface area contributed by atoms with Crippen molar-refractivity contribution in [3.63, 3.8) is 0 Å². The topological polar surface area (TPSA) is 59.2 Å². The number of anilines is 1. The molecule has 1 saturated heterocycles. The number of hydrogen-bond donors (Lipinski definition) is 1. The molecule has 2 N–H and O–H groups in total. The second-order valence-electron chi connectivity index (χ2n) is 5.11. The quantitative estimate of drug-likeness (QED) is 0.891. The average Bonchev–Trinajstić information content (AvgIpc) is 2.79. The zero-order valence-corrected chi connectivity index (χ0v) is 11.0. The monoisotopic (exact) mass is 255 g/mol. The van der Waals surface area contributed by atoms with Gasteiger partial charge in [-0.15, -0.1) is 0 Å². The van der Waals surface area contributed by atoms with Crippen molar-refractivity contribution in [1.29, 1.82) is 0 Å². The van der Waals surface area contributed by atoms with Gasteiger partial charge in [0.25, 0.3) is 0 Å². The first-order chi connectivity index (χ1) is 9.19. The Kier molecular flexibility index (Phi) is 2.95. The molecule has 0 saturated carbocycles. The number of hydrogen-bond acceptors (Lipinski definition) is 3. The maximum atomic E-state index is 12.1. The van der Waals surface area contributed by atoms with Crippen LogP contribution in [0.1, 0.15) is 12.1 Å². The Morgan fingerprint density at radius 1 is 1.42 bits per heavy atom. The summed E-state index contributed by atoms with van der Waals surface area (Å²) < 4.78 is 0. The summed E-state index contributed by atoms with van der Waals surface area (Å²) in [6.45, 7) is 3.23. The van der Waals surface area contributed by atoms with E-state index in [-0.39, 0.29) is 11.8 Å². The second kappa shape index (κ2) is 4.63. The van der Waals surface area contributed by atoms with E-state index in [1.54, 1.807) is 0 Å². The molecule has 0 aliphatic carbocycles. The summed E-state index contributed by atoms with van der Waals surface area (Å²) in [5.41, 5.74) is 8.51. The minimum Gasteiger partial charge on any atom is -0.330 e. The smallest absolute Gasteiger partial charge is 0.227 e. The predicted octanol–water partition coefficient (Wildman–Crippen LogP) is 1.85. The third-order valence-corrected chi connectivity index (χ3v) is 3.65. The number of nitrogens with two attached hydrogens (primary N) is 1. The fourth-order valence-corrected chi connectivity index (χ4v) is 2.68. The lowest BCUT2D eigenvalue weighted by atomic mass is 10.1. The van der Waals surface area contributed by atoms with Gasteiger partial charge in [-0.05, 0) is 31.5 Å². The van der Waals surface area contributed by atoms with E-state index in [4.69, 9.17) is 5.73 Å². The number of aromatic nitrogens is 1. The lowest BCUT2D eigenvalue weighted by Crippen LogP contribution is -2.26. The van der Waals surface area contributed by atoms with Crippen LogP contribution in [0.3, 0.4) is 0 Å². The van der Waals surface area contributed by atoms with Crippen molar-refractivity contribution in [2.24, 2.45) is 11.7 Å². The van der Waals surface area contributed by atoms with Crippen LogP contribution in [0.15, 0.2) is 30.3 Å². The highest BCUT2D eigenvalue weighted by molar-refractivity contribution is 6.04. The summed E-state index contributed by atoms with van der Waals surface area (Å²) >= 11 is 0. The van der Waals surface area contributed by atoms with Gasteiger partial charge in [0.1, 0.15) is 0 Å². The highest BCUT2D eigenvalue weighted by Crippen LogP contribution is 2.31. The lowest BCUT2D eigenvalue weighted by Gasteiger charge is -2.19. The normalized spacial score (nSPS) is 19.4. The van der Waals surface area contributed by atoms with E-state index in [9.17, 15) is 4.79 Å². The first-order valence-electron chi connectivity index (χ1n) is 6.56. The molecule has 1 atom stereocenters. The predicted molar refractivity (Wildman–Crippen MR) is 76.0 cm³/mol. The van der Waals surface area contributed by atoms with Crippen LogP contribution >= 0.6 is 0 Å². The van der Waals surface area contributed by atoms with E-state index in [0.29, 0.717) is 19.5 Å². The number of aryl methyl sites for hydroxylation is 1. The molecule has 1 aromatic carbocycles. The van der Waals surface area contributed by atoms with Crippen molar-refractivity contribution in [2.45, 2.75) is 13.3 Å². The van der Waals surface area contributed by atoms with E-state index >= 15 is 0 Å². The molecule has 98 valence electrons. The van der Waals surface area contributed by atoms with E-state index in [1.807, 2.05) is 42.2 Å². The van der Waals surface area contributed by atoms with Crippen molar-refractivity contribution < 1.29 is 4.79 Å². The number of amides is 1.